The number of nitrogens with zero attached hydrogens (tertiary/aromatic N) is 1. The Bertz CT molecular complexity index is 828. The van der Waals surface area contributed by atoms with Gasteiger partial charge in [0.1, 0.15) is 5.75 Å². The lowest BCUT2D eigenvalue weighted by Crippen LogP contribution is -2.29. The first kappa shape index (κ1) is 24.6. The number of carbonyl (C=O) groups is 1. The van der Waals surface area contributed by atoms with Crippen molar-refractivity contribution in [1.82, 2.24) is 4.31 Å². The van der Waals surface area contributed by atoms with Gasteiger partial charge in [-0.2, -0.15) is 17.5 Å². The van der Waals surface area contributed by atoms with Gasteiger partial charge in [-0.15, -0.1) is 0 Å². The monoisotopic (exact) mass is 453 g/mol. The van der Waals surface area contributed by atoms with Crippen LogP contribution in [-0.4, -0.2) is 69.3 Å². The second-order valence-corrected chi connectivity index (χ2v) is 9.12. The predicted octanol–water partition coefficient (Wildman–Crippen LogP) is 2.66. The normalized spacial score (nSPS) is 18.1. The Balaban J connectivity index is 1.64. The maximum Gasteiger partial charge on any atom is 0.449 e. The zero-order valence-corrected chi connectivity index (χ0v) is 17.5. The smallest absolute Gasteiger partial charge is 0.449 e. The summed E-state index contributed by atoms with van der Waals surface area (Å²) in [6, 6.07) is 4.17. The van der Waals surface area contributed by atoms with Gasteiger partial charge in [-0.05, 0) is 49.4 Å². The van der Waals surface area contributed by atoms with Crippen LogP contribution in [0, 0.1) is 12.8 Å². The van der Waals surface area contributed by atoms with Crippen LogP contribution < -0.4 is 0 Å². The lowest BCUT2D eigenvalue weighted by atomic mass is 10.1. The van der Waals surface area contributed by atoms with Crippen LogP contribution in [0.3, 0.4) is 0 Å². The van der Waals surface area contributed by atoms with Crippen LogP contribution in [0.25, 0.3) is 0 Å². The van der Waals surface area contributed by atoms with E-state index in [1.807, 2.05) is 0 Å². The molecule has 1 aromatic carbocycles. The van der Waals surface area contributed by atoms with E-state index >= 15 is 0 Å². The fraction of sp³-hybridized carbons (Fsp3) is 0.632. The maximum absolute atomic E-state index is 12.7. The highest BCUT2D eigenvalue weighted by Gasteiger charge is 2.37. The van der Waals surface area contributed by atoms with E-state index in [1.165, 1.54) is 22.5 Å². The molecule has 0 radical (unpaired) electrons. The summed E-state index contributed by atoms with van der Waals surface area (Å²) in [5, 5.41) is 9.57. The highest BCUT2D eigenvalue weighted by atomic mass is 32.2. The van der Waals surface area contributed by atoms with Gasteiger partial charge in [-0.3, -0.25) is 4.79 Å². The number of halogens is 3. The van der Waals surface area contributed by atoms with Crippen molar-refractivity contribution in [3.05, 3.63) is 23.8 Å². The minimum absolute atomic E-state index is 0.00940. The van der Waals surface area contributed by atoms with Gasteiger partial charge >= 0.3 is 6.18 Å². The van der Waals surface area contributed by atoms with E-state index in [-0.39, 0.29) is 42.8 Å². The number of rotatable bonds is 11. The quantitative estimate of drug-likeness (QED) is 0.518. The van der Waals surface area contributed by atoms with Gasteiger partial charge in [0, 0.05) is 26.1 Å². The van der Waals surface area contributed by atoms with E-state index in [2.05, 4.69) is 0 Å². The summed E-state index contributed by atoms with van der Waals surface area (Å²) in [6.45, 7) is 3.12. The van der Waals surface area contributed by atoms with Crippen molar-refractivity contribution in [2.24, 2.45) is 5.92 Å². The summed E-state index contributed by atoms with van der Waals surface area (Å²) in [5.74, 6) is -1.69. The number of carbonyl (C=O) groups excluding carboxylic acids is 1. The lowest BCUT2D eigenvalue weighted by molar-refractivity contribution is -0.171. The number of ether oxygens (including phenoxy) is 2. The molecule has 0 amide bonds. The molecule has 1 fully saturated rings. The van der Waals surface area contributed by atoms with Crippen LogP contribution >= 0.6 is 0 Å². The number of phenolic OH excluding ortho intramolecular Hbond substituents is 1. The number of hydrogen-bond donors (Lipinski definition) is 1. The van der Waals surface area contributed by atoms with E-state index in [9.17, 15) is 31.5 Å². The lowest BCUT2D eigenvalue weighted by Gasteiger charge is -2.17. The number of alkyl halides is 3. The molecule has 2 rings (SSSR count). The summed E-state index contributed by atoms with van der Waals surface area (Å²) >= 11 is 0. The summed E-state index contributed by atoms with van der Waals surface area (Å²) in [4.78, 5) is 10.8. The average molecular weight is 453 g/mol. The Kier molecular flexibility index (Phi) is 8.65. The second-order valence-electron chi connectivity index (χ2n) is 7.18. The Morgan fingerprint density at radius 2 is 1.93 bits per heavy atom. The average Bonchev–Trinajstić information content (AvgIpc) is 3.14. The molecule has 30 heavy (non-hydrogen) atoms. The molecule has 1 aromatic rings. The van der Waals surface area contributed by atoms with Crippen LogP contribution in [0.1, 0.15) is 24.8 Å². The zero-order valence-electron chi connectivity index (χ0n) is 16.7. The zero-order chi connectivity index (χ0) is 22.4. The number of sulfonamides is 1. The molecule has 0 spiro atoms. The molecule has 0 aromatic heterocycles. The van der Waals surface area contributed by atoms with Crippen molar-refractivity contribution in [3.63, 3.8) is 0 Å². The molecule has 1 atom stereocenters. The van der Waals surface area contributed by atoms with E-state index in [0.717, 1.165) is 0 Å². The molecule has 1 saturated heterocycles. The fourth-order valence-corrected chi connectivity index (χ4v) is 4.65. The largest absolute Gasteiger partial charge is 0.508 e. The third-order valence-electron chi connectivity index (χ3n) is 4.79. The fourth-order valence-electron chi connectivity index (χ4n) is 3.04. The first-order valence-corrected chi connectivity index (χ1v) is 11.0. The molecule has 1 heterocycles. The minimum Gasteiger partial charge on any atom is -0.508 e. The first-order valence-electron chi connectivity index (χ1n) is 9.57. The third-order valence-corrected chi connectivity index (χ3v) is 6.65. The van der Waals surface area contributed by atoms with Gasteiger partial charge < -0.3 is 14.6 Å². The van der Waals surface area contributed by atoms with Gasteiger partial charge in [0.05, 0.1) is 24.7 Å². The van der Waals surface area contributed by atoms with E-state index in [0.29, 0.717) is 31.7 Å². The molecule has 0 bridgehead atoms. The summed E-state index contributed by atoms with van der Waals surface area (Å²) < 4.78 is 73.6. The number of hydrogen-bond acceptors (Lipinski definition) is 6. The number of aromatic hydroxyl groups is 1. The van der Waals surface area contributed by atoms with Gasteiger partial charge in [0.2, 0.25) is 15.8 Å². The SMILES string of the molecule is Cc1cc(S(=O)(=O)N2CC[C@@H](COCCOCCCC(=O)C(F)(F)F)C2)ccc1O. The van der Waals surface area contributed by atoms with E-state index in [4.69, 9.17) is 9.47 Å². The van der Waals surface area contributed by atoms with Crippen molar-refractivity contribution >= 4 is 15.8 Å². The van der Waals surface area contributed by atoms with Gasteiger partial charge in [-0.25, -0.2) is 8.42 Å². The Morgan fingerprint density at radius 1 is 1.23 bits per heavy atom. The maximum atomic E-state index is 12.7. The molecule has 1 aliphatic heterocycles. The molecule has 1 aliphatic rings. The van der Waals surface area contributed by atoms with Crippen LogP contribution in [0.15, 0.2) is 23.1 Å². The van der Waals surface area contributed by atoms with Crippen molar-refractivity contribution in [3.8, 4) is 5.75 Å². The predicted molar refractivity (Wildman–Crippen MR) is 102 cm³/mol. The van der Waals surface area contributed by atoms with Crippen LogP contribution in [-0.2, 0) is 24.3 Å². The number of aryl methyl sites for hydroxylation is 1. The van der Waals surface area contributed by atoms with Crippen LogP contribution in [0.4, 0.5) is 13.2 Å². The van der Waals surface area contributed by atoms with Crippen molar-refractivity contribution in [2.75, 3.05) is 39.5 Å². The van der Waals surface area contributed by atoms with Gasteiger partial charge in [-0.1, -0.05) is 0 Å². The topological polar surface area (TPSA) is 93.1 Å². The Hall–Kier alpha value is -1.69. The minimum atomic E-state index is -4.80. The standard InChI is InChI=1S/C19H26F3NO6S/c1-14-11-16(4-5-17(14)24)30(26,27)23-7-6-15(12-23)13-29-10-9-28-8-2-3-18(25)19(20,21)22/h4-5,11,15,24H,2-3,6-10,12-13H2,1H3/t15-/m1/s1. The molecular formula is C19H26F3NO6S. The summed E-state index contributed by atoms with van der Waals surface area (Å²) in [6.07, 6.45) is -4.76. The van der Waals surface area contributed by atoms with Crippen molar-refractivity contribution in [2.45, 2.75) is 37.3 Å². The van der Waals surface area contributed by atoms with Crippen molar-refractivity contribution in [1.29, 1.82) is 0 Å². The Morgan fingerprint density at radius 3 is 2.60 bits per heavy atom. The molecule has 0 saturated carbocycles. The number of benzene rings is 1. The number of ketones is 1. The number of Topliss-reactive ketones (excluding diaryl/α,β-unsaturated/α-hetero) is 1. The second kappa shape index (κ2) is 10.6. The van der Waals surface area contributed by atoms with Gasteiger partial charge in [0.15, 0.2) is 0 Å². The van der Waals surface area contributed by atoms with Crippen LogP contribution in [0.2, 0.25) is 0 Å². The van der Waals surface area contributed by atoms with Gasteiger partial charge in [0.25, 0.3) is 0 Å². The summed E-state index contributed by atoms with van der Waals surface area (Å²) in [5.41, 5.74) is 0.484. The first-order chi connectivity index (χ1) is 14.0. The molecule has 0 aliphatic carbocycles. The number of phenols is 1. The molecule has 0 unspecified atom stereocenters. The summed E-state index contributed by atoms with van der Waals surface area (Å²) in [7, 11) is -3.64. The molecular weight excluding hydrogens is 427 g/mol. The Labute approximate surface area is 173 Å². The third kappa shape index (κ3) is 6.93. The highest BCUT2D eigenvalue weighted by Crippen LogP contribution is 2.27. The molecule has 7 nitrogen and oxygen atoms in total. The van der Waals surface area contributed by atoms with E-state index < -0.39 is 28.4 Å². The van der Waals surface area contributed by atoms with E-state index in [1.54, 1.807) is 6.92 Å². The highest BCUT2D eigenvalue weighted by molar-refractivity contribution is 7.89. The molecule has 1 N–H and O–H groups in total. The molecule has 170 valence electrons. The molecule has 11 heteroatoms. The van der Waals surface area contributed by atoms with Crippen molar-refractivity contribution < 1.29 is 41.0 Å². The van der Waals surface area contributed by atoms with Crippen LogP contribution in [0.5, 0.6) is 5.75 Å².